The minimum absolute atomic E-state index is 0.557. The van der Waals surface area contributed by atoms with Crippen molar-refractivity contribution in [3.63, 3.8) is 0 Å². The Labute approximate surface area is 88.5 Å². The van der Waals surface area contributed by atoms with Gasteiger partial charge in [0.05, 0.1) is 0 Å². The molecule has 0 fully saturated rings. The van der Waals surface area contributed by atoms with Crippen molar-refractivity contribution in [2.24, 2.45) is 5.73 Å². The average Bonchev–Trinajstić information content (AvgIpc) is 2.10. The summed E-state index contributed by atoms with van der Waals surface area (Å²) in [7, 11) is 0. The summed E-state index contributed by atoms with van der Waals surface area (Å²) < 4.78 is 1.19. The number of halogens is 1. The molecule has 2 heteroatoms. The molecule has 72 valence electrons. The molecular formula is C11H16BrN. The molecule has 0 aliphatic rings. The van der Waals surface area contributed by atoms with E-state index in [1.54, 1.807) is 0 Å². The summed E-state index contributed by atoms with van der Waals surface area (Å²) in [5.74, 6) is 0.557. The van der Waals surface area contributed by atoms with Crippen molar-refractivity contribution in [2.75, 3.05) is 6.54 Å². The predicted octanol–water partition coefficient (Wildman–Crippen LogP) is 3.21. The maximum Gasteiger partial charge on any atom is 0.0207 e. The van der Waals surface area contributed by atoms with Crippen LogP contribution in [0.1, 0.15) is 30.4 Å². The maximum atomic E-state index is 5.52. The first-order valence-electron chi connectivity index (χ1n) is 4.61. The van der Waals surface area contributed by atoms with E-state index < -0.39 is 0 Å². The van der Waals surface area contributed by atoms with Crippen LogP contribution in [0.4, 0.5) is 0 Å². The summed E-state index contributed by atoms with van der Waals surface area (Å²) in [6.07, 6.45) is 1.05. The van der Waals surface area contributed by atoms with E-state index in [4.69, 9.17) is 5.73 Å². The molecule has 0 bridgehead atoms. The van der Waals surface area contributed by atoms with Crippen LogP contribution in [0.3, 0.4) is 0 Å². The zero-order valence-corrected chi connectivity index (χ0v) is 9.76. The van der Waals surface area contributed by atoms with Crippen molar-refractivity contribution in [1.82, 2.24) is 0 Å². The molecule has 0 aromatic heterocycles. The highest BCUT2D eigenvalue weighted by Crippen LogP contribution is 2.24. The lowest BCUT2D eigenvalue weighted by molar-refractivity contribution is 0.689. The molecular weight excluding hydrogens is 226 g/mol. The van der Waals surface area contributed by atoms with E-state index in [0.717, 1.165) is 13.0 Å². The van der Waals surface area contributed by atoms with Crippen LogP contribution in [0.2, 0.25) is 0 Å². The summed E-state index contributed by atoms with van der Waals surface area (Å²) in [5, 5.41) is 0. The molecule has 0 heterocycles. The molecule has 0 radical (unpaired) electrons. The molecule has 1 aromatic rings. The molecule has 1 rings (SSSR count). The highest BCUT2D eigenvalue weighted by molar-refractivity contribution is 9.10. The van der Waals surface area contributed by atoms with Crippen molar-refractivity contribution < 1.29 is 0 Å². The lowest BCUT2D eigenvalue weighted by Gasteiger charge is -2.11. The molecule has 13 heavy (non-hydrogen) atoms. The summed E-state index contributed by atoms with van der Waals surface area (Å²) in [4.78, 5) is 0. The fourth-order valence-electron chi connectivity index (χ4n) is 1.33. The SMILES string of the molecule is Cc1ccc(C(C)CCN)cc1Br. The van der Waals surface area contributed by atoms with Crippen LogP contribution in [0.5, 0.6) is 0 Å². The molecule has 2 N–H and O–H groups in total. The smallest absolute Gasteiger partial charge is 0.0207 e. The number of aryl methyl sites for hydroxylation is 1. The van der Waals surface area contributed by atoms with Crippen LogP contribution in [-0.4, -0.2) is 6.54 Å². The summed E-state index contributed by atoms with van der Waals surface area (Å²) in [6, 6.07) is 6.52. The van der Waals surface area contributed by atoms with Crippen LogP contribution >= 0.6 is 15.9 Å². The second-order valence-electron chi connectivity index (χ2n) is 3.49. The molecule has 0 aliphatic carbocycles. The molecule has 0 saturated carbocycles. The van der Waals surface area contributed by atoms with Gasteiger partial charge in [-0.1, -0.05) is 35.0 Å². The first-order chi connectivity index (χ1) is 6.15. The van der Waals surface area contributed by atoms with Gasteiger partial charge in [0, 0.05) is 4.47 Å². The third-order valence-electron chi connectivity index (χ3n) is 2.36. The van der Waals surface area contributed by atoms with Gasteiger partial charge in [-0.3, -0.25) is 0 Å². The molecule has 0 spiro atoms. The van der Waals surface area contributed by atoms with Crippen molar-refractivity contribution in [3.8, 4) is 0 Å². The summed E-state index contributed by atoms with van der Waals surface area (Å²) in [5.41, 5.74) is 8.17. The topological polar surface area (TPSA) is 26.0 Å². The van der Waals surface area contributed by atoms with E-state index in [-0.39, 0.29) is 0 Å². The van der Waals surface area contributed by atoms with Crippen LogP contribution in [0.15, 0.2) is 22.7 Å². The highest BCUT2D eigenvalue weighted by Gasteiger charge is 2.05. The van der Waals surface area contributed by atoms with E-state index >= 15 is 0 Å². The van der Waals surface area contributed by atoms with Gasteiger partial charge in [0.1, 0.15) is 0 Å². The van der Waals surface area contributed by atoms with Crippen LogP contribution < -0.4 is 5.73 Å². The van der Waals surface area contributed by atoms with Gasteiger partial charge in [-0.05, 0) is 43.0 Å². The molecule has 0 aliphatic heterocycles. The largest absolute Gasteiger partial charge is 0.330 e. The normalized spacial score (nSPS) is 12.9. The monoisotopic (exact) mass is 241 g/mol. The zero-order valence-electron chi connectivity index (χ0n) is 8.18. The van der Waals surface area contributed by atoms with Crippen molar-refractivity contribution in [2.45, 2.75) is 26.2 Å². The van der Waals surface area contributed by atoms with Gasteiger partial charge >= 0.3 is 0 Å². The molecule has 1 unspecified atom stereocenters. The van der Waals surface area contributed by atoms with Crippen molar-refractivity contribution in [1.29, 1.82) is 0 Å². The Balaban J connectivity index is 2.84. The van der Waals surface area contributed by atoms with Gasteiger partial charge in [0.15, 0.2) is 0 Å². The fourth-order valence-corrected chi connectivity index (χ4v) is 1.73. The first-order valence-corrected chi connectivity index (χ1v) is 5.40. The van der Waals surface area contributed by atoms with Crippen LogP contribution in [-0.2, 0) is 0 Å². The first kappa shape index (κ1) is 10.7. The molecule has 1 aromatic carbocycles. The zero-order chi connectivity index (χ0) is 9.84. The second kappa shape index (κ2) is 4.77. The van der Waals surface area contributed by atoms with E-state index in [1.165, 1.54) is 15.6 Å². The summed E-state index contributed by atoms with van der Waals surface area (Å²) in [6.45, 7) is 5.07. The number of hydrogen-bond acceptors (Lipinski definition) is 1. The Hall–Kier alpha value is -0.340. The minimum Gasteiger partial charge on any atom is -0.330 e. The van der Waals surface area contributed by atoms with E-state index in [2.05, 4.69) is 48.0 Å². The Morgan fingerprint density at radius 3 is 2.69 bits per heavy atom. The summed E-state index contributed by atoms with van der Waals surface area (Å²) >= 11 is 3.53. The van der Waals surface area contributed by atoms with Crippen LogP contribution in [0.25, 0.3) is 0 Å². The van der Waals surface area contributed by atoms with E-state index in [9.17, 15) is 0 Å². The molecule has 0 amide bonds. The Bertz CT molecular complexity index is 283. The quantitative estimate of drug-likeness (QED) is 0.865. The predicted molar refractivity (Wildman–Crippen MR) is 61.0 cm³/mol. The van der Waals surface area contributed by atoms with E-state index in [1.807, 2.05) is 0 Å². The number of hydrogen-bond donors (Lipinski definition) is 1. The fraction of sp³-hybridized carbons (Fsp3) is 0.455. The van der Waals surface area contributed by atoms with Gasteiger partial charge < -0.3 is 5.73 Å². The lowest BCUT2D eigenvalue weighted by atomic mass is 9.97. The molecule has 1 atom stereocenters. The Morgan fingerprint density at radius 1 is 1.46 bits per heavy atom. The van der Waals surface area contributed by atoms with Gasteiger partial charge in [-0.25, -0.2) is 0 Å². The molecule has 1 nitrogen and oxygen atoms in total. The second-order valence-corrected chi connectivity index (χ2v) is 4.34. The number of benzene rings is 1. The minimum atomic E-state index is 0.557. The Kier molecular flexibility index (Phi) is 3.94. The van der Waals surface area contributed by atoms with Gasteiger partial charge in [-0.15, -0.1) is 0 Å². The number of nitrogens with two attached hydrogens (primary N) is 1. The van der Waals surface area contributed by atoms with Gasteiger partial charge in [0.25, 0.3) is 0 Å². The van der Waals surface area contributed by atoms with Crippen molar-refractivity contribution in [3.05, 3.63) is 33.8 Å². The van der Waals surface area contributed by atoms with Crippen molar-refractivity contribution >= 4 is 15.9 Å². The third-order valence-corrected chi connectivity index (χ3v) is 3.22. The van der Waals surface area contributed by atoms with Gasteiger partial charge in [-0.2, -0.15) is 0 Å². The highest BCUT2D eigenvalue weighted by atomic mass is 79.9. The average molecular weight is 242 g/mol. The molecule has 0 saturated heterocycles. The number of rotatable bonds is 3. The Morgan fingerprint density at radius 2 is 2.15 bits per heavy atom. The lowest BCUT2D eigenvalue weighted by Crippen LogP contribution is -2.04. The van der Waals surface area contributed by atoms with Gasteiger partial charge in [0.2, 0.25) is 0 Å². The standard InChI is InChI=1S/C11H16BrN/c1-8(5-6-13)10-4-3-9(2)11(12)7-10/h3-4,7-8H,5-6,13H2,1-2H3. The maximum absolute atomic E-state index is 5.52. The third kappa shape index (κ3) is 2.82. The van der Waals surface area contributed by atoms with Crippen LogP contribution in [0, 0.1) is 6.92 Å². The van der Waals surface area contributed by atoms with E-state index in [0.29, 0.717) is 5.92 Å².